The third-order valence-electron chi connectivity index (χ3n) is 2.62. The van der Waals surface area contributed by atoms with Crippen molar-refractivity contribution in [1.82, 2.24) is 15.0 Å². The molecule has 0 unspecified atom stereocenters. The SMILES string of the molecule is CN(C)C(=O)CCc1nc(-c2ccc(F)cc2)no1. The van der Waals surface area contributed by atoms with Crippen LogP contribution >= 0.6 is 0 Å². The molecule has 0 aliphatic heterocycles. The quantitative estimate of drug-likeness (QED) is 0.845. The summed E-state index contributed by atoms with van der Waals surface area (Å²) in [5.74, 6) is 0.479. The van der Waals surface area contributed by atoms with Gasteiger partial charge in [-0.25, -0.2) is 4.39 Å². The molecule has 19 heavy (non-hydrogen) atoms. The zero-order chi connectivity index (χ0) is 13.8. The maximum atomic E-state index is 12.8. The van der Waals surface area contributed by atoms with E-state index in [1.165, 1.54) is 17.0 Å². The first kappa shape index (κ1) is 13.2. The third kappa shape index (κ3) is 3.37. The fraction of sp³-hybridized carbons (Fsp3) is 0.308. The molecule has 1 heterocycles. The van der Waals surface area contributed by atoms with Crippen LogP contribution in [0.4, 0.5) is 4.39 Å². The van der Waals surface area contributed by atoms with Gasteiger partial charge in [0.2, 0.25) is 17.6 Å². The summed E-state index contributed by atoms with van der Waals surface area (Å²) in [4.78, 5) is 17.1. The van der Waals surface area contributed by atoms with Gasteiger partial charge in [-0.3, -0.25) is 4.79 Å². The number of rotatable bonds is 4. The Morgan fingerprint density at radius 3 is 2.63 bits per heavy atom. The minimum atomic E-state index is -0.316. The number of aryl methyl sites for hydroxylation is 1. The Kier molecular flexibility index (Phi) is 3.89. The normalized spacial score (nSPS) is 10.5. The molecule has 1 amide bonds. The standard InChI is InChI=1S/C13H14FN3O2/c1-17(2)12(18)8-7-11-15-13(16-19-11)9-3-5-10(14)6-4-9/h3-6H,7-8H2,1-2H3. The highest BCUT2D eigenvalue weighted by molar-refractivity contribution is 5.75. The molecule has 0 spiro atoms. The van der Waals surface area contributed by atoms with Crippen molar-refractivity contribution in [1.29, 1.82) is 0 Å². The molecule has 2 rings (SSSR count). The van der Waals surface area contributed by atoms with Crippen LogP contribution in [0.3, 0.4) is 0 Å². The molecule has 0 fully saturated rings. The van der Waals surface area contributed by atoms with E-state index in [9.17, 15) is 9.18 Å². The van der Waals surface area contributed by atoms with Gasteiger partial charge < -0.3 is 9.42 Å². The van der Waals surface area contributed by atoms with E-state index in [-0.39, 0.29) is 11.7 Å². The van der Waals surface area contributed by atoms with Crippen LogP contribution in [0, 0.1) is 5.82 Å². The number of carbonyl (C=O) groups is 1. The number of benzene rings is 1. The Bertz CT molecular complexity index is 564. The molecule has 0 radical (unpaired) electrons. The summed E-state index contributed by atoms with van der Waals surface area (Å²) in [6.07, 6.45) is 0.712. The number of amides is 1. The second-order valence-electron chi connectivity index (χ2n) is 4.31. The number of hydrogen-bond acceptors (Lipinski definition) is 4. The van der Waals surface area contributed by atoms with Crippen molar-refractivity contribution < 1.29 is 13.7 Å². The first-order valence-corrected chi connectivity index (χ1v) is 5.85. The number of hydrogen-bond donors (Lipinski definition) is 0. The van der Waals surface area contributed by atoms with Crippen molar-refractivity contribution in [2.45, 2.75) is 12.8 Å². The van der Waals surface area contributed by atoms with Gasteiger partial charge in [0.15, 0.2) is 0 Å². The molecule has 100 valence electrons. The van der Waals surface area contributed by atoms with Crippen LogP contribution in [0.5, 0.6) is 0 Å². The first-order valence-electron chi connectivity index (χ1n) is 5.85. The Morgan fingerprint density at radius 1 is 1.32 bits per heavy atom. The van der Waals surface area contributed by atoms with Crippen LogP contribution < -0.4 is 0 Å². The van der Waals surface area contributed by atoms with Gasteiger partial charge in [0.05, 0.1) is 0 Å². The van der Waals surface area contributed by atoms with Crippen molar-refractivity contribution in [3.8, 4) is 11.4 Å². The largest absolute Gasteiger partial charge is 0.349 e. The number of aromatic nitrogens is 2. The molecule has 0 saturated heterocycles. The van der Waals surface area contributed by atoms with E-state index in [2.05, 4.69) is 10.1 Å². The van der Waals surface area contributed by atoms with Crippen molar-refractivity contribution >= 4 is 5.91 Å². The molecule has 6 heteroatoms. The monoisotopic (exact) mass is 263 g/mol. The molecule has 2 aromatic rings. The number of carbonyl (C=O) groups excluding carboxylic acids is 1. The average molecular weight is 263 g/mol. The van der Waals surface area contributed by atoms with Gasteiger partial charge >= 0.3 is 0 Å². The second kappa shape index (κ2) is 5.60. The zero-order valence-corrected chi connectivity index (χ0v) is 10.8. The Hall–Kier alpha value is -2.24. The summed E-state index contributed by atoms with van der Waals surface area (Å²) < 4.78 is 17.8. The van der Waals surface area contributed by atoms with Crippen molar-refractivity contribution in [3.05, 3.63) is 36.0 Å². The van der Waals surface area contributed by atoms with Crippen molar-refractivity contribution in [2.75, 3.05) is 14.1 Å². The van der Waals surface area contributed by atoms with E-state index in [0.29, 0.717) is 30.1 Å². The molecule has 0 aliphatic carbocycles. The lowest BCUT2D eigenvalue weighted by molar-refractivity contribution is -0.128. The predicted octanol–water partition coefficient (Wildman–Crippen LogP) is 1.90. The molecular weight excluding hydrogens is 249 g/mol. The minimum Gasteiger partial charge on any atom is -0.349 e. The van der Waals surface area contributed by atoms with Crippen molar-refractivity contribution in [2.24, 2.45) is 0 Å². The minimum absolute atomic E-state index is 0.00142. The lowest BCUT2D eigenvalue weighted by Gasteiger charge is -2.07. The molecule has 5 nitrogen and oxygen atoms in total. The topological polar surface area (TPSA) is 59.2 Å². The van der Waals surface area contributed by atoms with Gasteiger partial charge in [-0.1, -0.05) is 5.16 Å². The van der Waals surface area contributed by atoms with Gasteiger partial charge in [0, 0.05) is 32.5 Å². The highest BCUT2D eigenvalue weighted by Crippen LogP contribution is 2.16. The molecule has 0 aliphatic rings. The average Bonchev–Trinajstić information content (AvgIpc) is 2.85. The Labute approximate surface area is 110 Å². The fourth-order valence-electron chi connectivity index (χ4n) is 1.51. The molecule has 0 saturated carbocycles. The van der Waals surface area contributed by atoms with Gasteiger partial charge in [-0.05, 0) is 24.3 Å². The molecule has 0 bridgehead atoms. The smallest absolute Gasteiger partial charge is 0.227 e. The summed E-state index contributed by atoms with van der Waals surface area (Å²) in [6, 6.07) is 5.83. The maximum Gasteiger partial charge on any atom is 0.227 e. The second-order valence-corrected chi connectivity index (χ2v) is 4.31. The fourth-order valence-corrected chi connectivity index (χ4v) is 1.51. The summed E-state index contributed by atoms with van der Waals surface area (Å²) in [6.45, 7) is 0. The summed E-state index contributed by atoms with van der Waals surface area (Å²) >= 11 is 0. The first-order chi connectivity index (χ1) is 9.06. The summed E-state index contributed by atoms with van der Waals surface area (Å²) in [5.41, 5.74) is 0.676. The predicted molar refractivity (Wildman–Crippen MR) is 66.7 cm³/mol. The van der Waals surface area contributed by atoms with Crippen LogP contribution in [0.1, 0.15) is 12.3 Å². The van der Waals surface area contributed by atoms with Crippen LogP contribution in [-0.2, 0) is 11.2 Å². The number of halogens is 1. The van der Waals surface area contributed by atoms with Gasteiger partial charge in [-0.15, -0.1) is 0 Å². The van der Waals surface area contributed by atoms with Crippen LogP contribution in [-0.4, -0.2) is 35.0 Å². The highest BCUT2D eigenvalue weighted by Gasteiger charge is 2.11. The molecule has 0 atom stereocenters. The van der Waals surface area contributed by atoms with E-state index in [1.807, 2.05) is 0 Å². The van der Waals surface area contributed by atoms with Crippen LogP contribution in [0.15, 0.2) is 28.8 Å². The molecule has 0 N–H and O–H groups in total. The van der Waals surface area contributed by atoms with Gasteiger partial charge in [0.1, 0.15) is 5.82 Å². The van der Waals surface area contributed by atoms with E-state index in [0.717, 1.165) is 0 Å². The van der Waals surface area contributed by atoms with Crippen LogP contribution in [0.2, 0.25) is 0 Å². The zero-order valence-electron chi connectivity index (χ0n) is 10.8. The molecule has 1 aromatic carbocycles. The molecular formula is C13H14FN3O2. The Balaban J connectivity index is 2.03. The third-order valence-corrected chi connectivity index (χ3v) is 2.62. The van der Waals surface area contributed by atoms with E-state index < -0.39 is 0 Å². The van der Waals surface area contributed by atoms with Gasteiger partial charge in [-0.2, -0.15) is 4.98 Å². The highest BCUT2D eigenvalue weighted by atomic mass is 19.1. The molecule has 1 aromatic heterocycles. The lowest BCUT2D eigenvalue weighted by Crippen LogP contribution is -2.21. The summed E-state index contributed by atoms with van der Waals surface area (Å²) in [5, 5.41) is 3.81. The van der Waals surface area contributed by atoms with E-state index in [4.69, 9.17) is 4.52 Å². The lowest BCUT2D eigenvalue weighted by atomic mass is 10.2. The Morgan fingerprint density at radius 2 is 2.00 bits per heavy atom. The van der Waals surface area contributed by atoms with Gasteiger partial charge in [0.25, 0.3) is 0 Å². The number of nitrogens with zero attached hydrogens (tertiary/aromatic N) is 3. The van der Waals surface area contributed by atoms with E-state index >= 15 is 0 Å². The van der Waals surface area contributed by atoms with E-state index in [1.54, 1.807) is 26.2 Å². The van der Waals surface area contributed by atoms with Crippen molar-refractivity contribution in [3.63, 3.8) is 0 Å². The summed E-state index contributed by atoms with van der Waals surface area (Å²) in [7, 11) is 3.39. The maximum absolute atomic E-state index is 12.8. The van der Waals surface area contributed by atoms with Crippen LogP contribution in [0.25, 0.3) is 11.4 Å².